The van der Waals surface area contributed by atoms with E-state index in [1.165, 1.54) is 6.33 Å². The predicted octanol–water partition coefficient (Wildman–Crippen LogP) is 3.75. The van der Waals surface area contributed by atoms with Crippen molar-refractivity contribution in [1.82, 2.24) is 20.1 Å². The third-order valence-corrected chi connectivity index (χ3v) is 4.98. The lowest BCUT2D eigenvalue weighted by Crippen LogP contribution is -2.31. The normalized spacial score (nSPS) is 11.5. The molecular formula is C25H22N4O3. The second-order valence-electron chi connectivity index (χ2n) is 7.23. The molecule has 1 atom stereocenters. The molecule has 32 heavy (non-hydrogen) atoms. The van der Waals surface area contributed by atoms with Crippen molar-refractivity contribution in [2.24, 2.45) is 0 Å². The number of hydrogen-bond acceptors (Lipinski definition) is 5. The topological polar surface area (TPSA) is 86.1 Å². The second kappa shape index (κ2) is 9.70. The molecule has 160 valence electrons. The number of aromatic nitrogens is 3. The van der Waals surface area contributed by atoms with Crippen molar-refractivity contribution in [3.8, 4) is 11.4 Å². The van der Waals surface area contributed by atoms with E-state index < -0.39 is 0 Å². The summed E-state index contributed by atoms with van der Waals surface area (Å²) in [7, 11) is 0. The number of carbonyl (C=O) groups excluding carboxylic acids is 2. The molecule has 4 rings (SSSR count). The lowest BCUT2D eigenvalue weighted by Gasteiger charge is -2.15. The van der Waals surface area contributed by atoms with Gasteiger partial charge in [0.25, 0.3) is 5.91 Å². The first-order valence-electron chi connectivity index (χ1n) is 10.2. The van der Waals surface area contributed by atoms with Crippen LogP contribution in [0.2, 0.25) is 0 Å². The average molecular weight is 426 g/mol. The van der Waals surface area contributed by atoms with Gasteiger partial charge in [0.15, 0.2) is 12.4 Å². The molecule has 4 aromatic rings. The molecule has 0 unspecified atom stereocenters. The van der Waals surface area contributed by atoms with Crippen molar-refractivity contribution in [3.63, 3.8) is 0 Å². The highest BCUT2D eigenvalue weighted by atomic mass is 16.5. The minimum atomic E-state index is -0.234. The molecule has 0 spiro atoms. The van der Waals surface area contributed by atoms with Crippen LogP contribution in [0.4, 0.5) is 0 Å². The number of ketones is 1. The number of nitrogens with zero attached hydrogens (tertiary/aromatic N) is 3. The van der Waals surface area contributed by atoms with Crippen LogP contribution >= 0.6 is 0 Å². The molecule has 0 aliphatic heterocycles. The number of hydrogen-bond donors (Lipinski definition) is 1. The lowest BCUT2D eigenvalue weighted by molar-refractivity contribution is -0.123. The standard InChI is InChI=1S/C25H22N4O3/c1-18(19-7-11-22(12-8-19)29-17-26-16-27-29)28-24(30)15-32-23-13-9-21(10-14-23)25(31)20-5-3-2-4-6-20/h2-14,16-18H,15H2,1H3,(H,28,30)/t18-/m1/s1. The van der Waals surface area contributed by atoms with Crippen molar-refractivity contribution in [3.05, 3.63) is 108 Å². The first kappa shape index (κ1) is 21.0. The molecule has 0 saturated heterocycles. The molecule has 7 nitrogen and oxygen atoms in total. The third-order valence-electron chi connectivity index (χ3n) is 4.98. The van der Waals surface area contributed by atoms with Crippen molar-refractivity contribution in [2.45, 2.75) is 13.0 Å². The Morgan fingerprint density at radius 3 is 2.28 bits per heavy atom. The van der Waals surface area contributed by atoms with Gasteiger partial charge in [0.05, 0.1) is 11.7 Å². The van der Waals surface area contributed by atoms with E-state index in [2.05, 4.69) is 15.4 Å². The van der Waals surface area contributed by atoms with E-state index in [0.717, 1.165) is 11.3 Å². The van der Waals surface area contributed by atoms with Gasteiger partial charge in [-0.2, -0.15) is 5.10 Å². The summed E-state index contributed by atoms with van der Waals surface area (Å²) >= 11 is 0. The van der Waals surface area contributed by atoms with E-state index in [1.807, 2.05) is 49.4 Å². The molecule has 0 aliphatic rings. The number of rotatable bonds is 8. The van der Waals surface area contributed by atoms with Gasteiger partial charge in [0.2, 0.25) is 0 Å². The van der Waals surface area contributed by atoms with Crippen LogP contribution in [0.5, 0.6) is 5.75 Å². The molecule has 1 amide bonds. The molecule has 0 aliphatic carbocycles. The maximum Gasteiger partial charge on any atom is 0.258 e. The zero-order valence-electron chi connectivity index (χ0n) is 17.5. The van der Waals surface area contributed by atoms with Crippen LogP contribution in [0.1, 0.15) is 34.5 Å². The van der Waals surface area contributed by atoms with E-state index >= 15 is 0 Å². The summed E-state index contributed by atoms with van der Waals surface area (Å²) in [6.45, 7) is 1.79. The average Bonchev–Trinajstić information content (AvgIpc) is 3.38. The number of benzene rings is 3. The molecule has 7 heteroatoms. The number of carbonyl (C=O) groups is 2. The van der Waals surface area contributed by atoms with E-state index in [1.54, 1.807) is 47.4 Å². The summed E-state index contributed by atoms with van der Waals surface area (Å²) in [5.74, 6) is 0.232. The van der Waals surface area contributed by atoms with Crippen LogP contribution in [0, 0.1) is 0 Å². The summed E-state index contributed by atoms with van der Waals surface area (Å²) < 4.78 is 7.24. The van der Waals surface area contributed by atoms with Gasteiger partial charge in [-0.3, -0.25) is 9.59 Å². The Kier molecular flexibility index (Phi) is 6.36. The predicted molar refractivity (Wildman–Crippen MR) is 120 cm³/mol. The van der Waals surface area contributed by atoms with Gasteiger partial charge in [0, 0.05) is 11.1 Å². The Hall–Kier alpha value is -4.26. The van der Waals surface area contributed by atoms with Gasteiger partial charge in [-0.15, -0.1) is 0 Å². The fraction of sp³-hybridized carbons (Fsp3) is 0.120. The zero-order chi connectivity index (χ0) is 22.3. The molecule has 1 N–H and O–H groups in total. The Morgan fingerprint density at radius 2 is 1.62 bits per heavy atom. The van der Waals surface area contributed by atoms with Crippen LogP contribution < -0.4 is 10.1 Å². The van der Waals surface area contributed by atoms with E-state index in [-0.39, 0.29) is 24.3 Å². The molecule has 0 fully saturated rings. The van der Waals surface area contributed by atoms with Gasteiger partial charge in [0.1, 0.15) is 18.4 Å². The number of amides is 1. The number of ether oxygens (including phenoxy) is 1. The molecule has 1 aromatic heterocycles. The highest BCUT2D eigenvalue weighted by Gasteiger charge is 2.12. The van der Waals surface area contributed by atoms with Gasteiger partial charge >= 0.3 is 0 Å². The maximum absolute atomic E-state index is 12.5. The second-order valence-corrected chi connectivity index (χ2v) is 7.23. The summed E-state index contributed by atoms with van der Waals surface area (Å²) in [5.41, 5.74) is 3.05. The van der Waals surface area contributed by atoms with Crippen molar-refractivity contribution >= 4 is 11.7 Å². The van der Waals surface area contributed by atoms with E-state index in [4.69, 9.17) is 4.74 Å². The van der Waals surface area contributed by atoms with Crippen LogP contribution in [0.3, 0.4) is 0 Å². The fourth-order valence-corrected chi connectivity index (χ4v) is 3.23. The van der Waals surface area contributed by atoms with Gasteiger partial charge in [-0.05, 0) is 48.9 Å². The minimum Gasteiger partial charge on any atom is -0.484 e. The quantitative estimate of drug-likeness (QED) is 0.434. The molecule has 1 heterocycles. The molecule has 0 radical (unpaired) electrons. The van der Waals surface area contributed by atoms with Gasteiger partial charge in [-0.25, -0.2) is 9.67 Å². The molecule has 0 saturated carbocycles. The summed E-state index contributed by atoms with van der Waals surface area (Å²) in [6.07, 6.45) is 3.10. The molecular weight excluding hydrogens is 404 g/mol. The fourth-order valence-electron chi connectivity index (χ4n) is 3.23. The lowest BCUT2D eigenvalue weighted by atomic mass is 10.0. The zero-order valence-corrected chi connectivity index (χ0v) is 17.5. The van der Waals surface area contributed by atoms with E-state index in [9.17, 15) is 9.59 Å². The largest absolute Gasteiger partial charge is 0.484 e. The third kappa shape index (κ3) is 5.07. The SMILES string of the molecule is C[C@@H](NC(=O)COc1ccc(C(=O)c2ccccc2)cc1)c1ccc(-n2cncn2)cc1. The summed E-state index contributed by atoms with van der Waals surface area (Å²) in [6, 6.07) is 23.4. The van der Waals surface area contributed by atoms with Crippen LogP contribution in [-0.4, -0.2) is 33.1 Å². The van der Waals surface area contributed by atoms with Gasteiger partial charge in [-0.1, -0.05) is 42.5 Å². The van der Waals surface area contributed by atoms with Crippen LogP contribution in [-0.2, 0) is 4.79 Å². The number of nitrogens with one attached hydrogen (secondary N) is 1. The summed E-state index contributed by atoms with van der Waals surface area (Å²) in [5, 5.41) is 7.01. The maximum atomic E-state index is 12.5. The Labute approximate surface area is 185 Å². The van der Waals surface area contributed by atoms with Crippen LogP contribution in [0.25, 0.3) is 5.69 Å². The minimum absolute atomic E-state index is 0.0569. The van der Waals surface area contributed by atoms with Crippen molar-refractivity contribution in [1.29, 1.82) is 0 Å². The smallest absolute Gasteiger partial charge is 0.258 e. The Balaban J connectivity index is 1.28. The van der Waals surface area contributed by atoms with Crippen molar-refractivity contribution in [2.75, 3.05) is 6.61 Å². The highest BCUT2D eigenvalue weighted by molar-refractivity contribution is 6.08. The van der Waals surface area contributed by atoms with E-state index in [0.29, 0.717) is 16.9 Å². The van der Waals surface area contributed by atoms with Crippen molar-refractivity contribution < 1.29 is 14.3 Å². The van der Waals surface area contributed by atoms with Gasteiger partial charge < -0.3 is 10.1 Å². The monoisotopic (exact) mass is 426 g/mol. The Morgan fingerprint density at radius 1 is 0.938 bits per heavy atom. The Bertz CT molecular complexity index is 1170. The first-order chi connectivity index (χ1) is 15.6. The molecule has 3 aromatic carbocycles. The summed E-state index contributed by atoms with van der Waals surface area (Å²) in [4.78, 5) is 28.7. The first-order valence-corrected chi connectivity index (χ1v) is 10.2. The van der Waals surface area contributed by atoms with Crippen LogP contribution in [0.15, 0.2) is 91.5 Å². The highest BCUT2D eigenvalue weighted by Crippen LogP contribution is 2.17. The molecule has 0 bridgehead atoms.